The number of hydrogen-bond acceptors (Lipinski definition) is 6. The number of primary amides is 1. The number of ether oxygens (including phenoxy) is 1. The standard InChI is InChI=1S/C18H14F5N3O2.CH3NO/c19-11-3-1-7-25-15(11)16(26-8-2-4-13(24)17(26)27)10-5-6-14(12(20)9-10)28-18(21,22)23;2-1-3/h1-7,9,16,27H,8,24H2;1H,(H2,2,3)/t16-;/m0./s1. The SMILES string of the molecule is NC1=C(O)N([C@@H](c2ccc(OC(F)(F)F)c(F)c2)c2ncccc2F)CC=C1.NC=O. The molecular weight excluding hydrogens is 427 g/mol. The van der Waals surface area contributed by atoms with Crippen molar-refractivity contribution >= 4 is 6.41 Å². The average Bonchev–Trinajstić information content (AvgIpc) is 2.68. The Kier molecular flexibility index (Phi) is 7.40. The van der Waals surface area contributed by atoms with Crippen LogP contribution in [0.15, 0.2) is 60.3 Å². The number of benzene rings is 1. The summed E-state index contributed by atoms with van der Waals surface area (Å²) < 4.78 is 69.3. The molecule has 1 atom stereocenters. The molecule has 1 amide bonds. The van der Waals surface area contributed by atoms with Gasteiger partial charge < -0.3 is 26.2 Å². The number of aliphatic hydroxyl groups is 1. The predicted molar refractivity (Wildman–Crippen MR) is 99.1 cm³/mol. The number of hydrogen-bond donors (Lipinski definition) is 3. The number of nitrogens with zero attached hydrogens (tertiary/aromatic N) is 2. The molecule has 1 aliphatic rings. The van der Waals surface area contributed by atoms with Crippen LogP contribution in [0.2, 0.25) is 0 Å². The van der Waals surface area contributed by atoms with Crippen molar-refractivity contribution in [2.45, 2.75) is 12.4 Å². The molecule has 0 fully saturated rings. The second-order valence-electron chi connectivity index (χ2n) is 5.98. The number of pyridine rings is 1. The number of alkyl halides is 3. The van der Waals surface area contributed by atoms with Crippen LogP contribution < -0.4 is 16.2 Å². The van der Waals surface area contributed by atoms with Gasteiger partial charge in [-0.3, -0.25) is 9.78 Å². The minimum Gasteiger partial charge on any atom is -0.493 e. The van der Waals surface area contributed by atoms with E-state index in [0.717, 1.165) is 24.3 Å². The van der Waals surface area contributed by atoms with E-state index < -0.39 is 35.7 Å². The third kappa shape index (κ3) is 5.84. The van der Waals surface area contributed by atoms with Gasteiger partial charge in [0.05, 0.1) is 5.70 Å². The Labute approximate surface area is 173 Å². The summed E-state index contributed by atoms with van der Waals surface area (Å²) in [7, 11) is 0. The fourth-order valence-corrected chi connectivity index (χ4v) is 2.83. The van der Waals surface area contributed by atoms with E-state index in [1.54, 1.807) is 6.08 Å². The zero-order chi connectivity index (χ0) is 23.2. The van der Waals surface area contributed by atoms with Crippen molar-refractivity contribution < 1.29 is 36.6 Å². The fourth-order valence-electron chi connectivity index (χ4n) is 2.83. The van der Waals surface area contributed by atoms with Gasteiger partial charge in [-0.2, -0.15) is 0 Å². The summed E-state index contributed by atoms with van der Waals surface area (Å²) in [6, 6.07) is 3.98. The van der Waals surface area contributed by atoms with Crippen LogP contribution in [0.3, 0.4) is 0 Å². The van der Waals surface area contributed by atoms with E-state index in [9.17, 15) is 27.1 Å². The van der Waals surface area contributed by atoms with Crippen LogP contribution in [-0.4, -0.2) is 34.3 Å². The number of rotatable bonds is 4. The smallest absolute Gasteiger partial charge is 0.493 e. The number of carbonyl (C=O) groups is 1. The number of aliphatic hydroxyl groups excluding tert-OH is 1. The molecule has 0 spiro atoms. The Hall–Kier alpha value is -3.83. The molecule has 0 saturated heterocycles. The van der Waals surface area contributed by atoms with Crippen LogP contribution in [0, 0.1) is 11.6 Å². The molecule has 1 aromatic carbocycles. The van der Waals surface area contributed by atoms with Gasteiger partial charge in [-0.15, -0.1) is 13.2 Å². The van der Waals surface area contributed by atoms with Crippen molar-refractivity contribution in [3.05, 3.63) is 83.2 Å². The Bertz CT molecular complexity index is 995. The first-order chi connectivity index (χ1) is 14.6. The van der Waals surface area contributed by atoms with Crippen LogP contribution >= 0.6 is 0 Å². The van der Waals surface area contributed by atoms with Crippen molar-refractivity contribution in [1.29, 1.82) is 0 Å². The number of allylic oxidation sites excluding steroid dienone is 1. The molecule has 2 heterocycles. The van der Waals surface area contributed by atoms with Crippen molar-refractivity contribution in [2.24, 2.45) is 11.5 Å². The summed E-state index contributed by atoms with van der Waals surface area (Å²) in [6.45, 7) is 0.0790. The van der Waals surface area contributed by atoms with Gasteiger partial charge in [-0.25, -0.2) is 8.78 Å². The van der Waals surface area contributed by atoms with Gasteiger partial charge in [0, 0.05) is 12.7 Å². The van der Waals surface area contributed by atoms with Crippen LogP contribution in [0.4, 0.5) is 22.0 Å². The largest absolute Gasteiger partial charge is 0.573 e. The number of halogens is 5. The molecule has 12 heteroatoms. The van der Waals surface area contributed by atoms with Gasteiger partial charge >= 0.3 is 6.36 Å². The maximum atomic E-state index is 14.4. The molecule has 2 aromatic rings. The Balaban J connectivity index is 0.00000107. The molecule has 7 nitrogen and oxygen atoms in total. The van der Waals surface area contributed by atoms with E-state index in [1.165, 1.54) is 23.2 Å². The normalized spacial score (nSPS) is 14.5. The highest BCUT2D eigenvalue weighted by Gasteiger charge is 2.34. The topological polar surface area (TPSA) is 115 Å². The van der Waals surface area contributed by atoms with E-state index in [2.05, 4.69) is 15.5 Å². The lowest BCUT2D eigenvalue weighted by Gasteiger charge is -2.34. The van der Waals surface area contributed by atoms with Crippen molar-refractivity contribution in [1.82, 2.24) is 9.88 Å². The molecule has 0 saturated carbocycles. The Morgan fingerprint density at radius 3 is 2.48 bits per heavy atom. The molecule has 0 aliphatic carbocycles. The highest BCUT2D eigenvalue weighted by molar-refractivity contribution is 5.42. The van der Waals surface area contributed by atoms with Crippen LogP contribution in [-0.2, 0) is 4.79 Å². The van der Waals surface area contributed by atoms with E-state index in [1.807, 2.05) is 0 Å². The first-order valence-electron chi connectivity index (χ1n) is 8.52. The molecule has 1 aliphatic heterocycles. The van der Waals surface area contributed by atoms with Crippen molar-refractivity contribution in [3.8, 4) is 5.75 Å². The third-order valence-corrected chi connectivity index (χ3v) is 3.98. The van der Waals surface area contributed by atoms with Gasteiger partial charge in [0.1, 0.15) is 17.6 Å². The average molecular weight is 444 g/mol. The summed E-state index contributed by atoms with van der Waals surface area (Å²) in [5.74, 6) is -3.48. The van der Waals surface area contributed by atoms with Crippen LogP contribution in [0.25, 0.3) is 0 Å². The monoisotopic (exact) mass is 444 g/mol. The third-order valence-electron chi connectivity index (χ3n) is 3.98. The summed E-state index contributed by atoms with van der Waals surface area (Å²) in [5.41, 5.74) is 9.72. The van der Waals surface area contributed by atoms with Gasteiger partial charge in [-0.05, 0) is 35.9 Å². The van der Waals surface area contributed by atoms with E-state index in [0.29, 0.717) is 0 Å². The highest BCUT2D eigenvalue weighted by Crippen LogP contribution is 2.35. The van der Waals surface area contributed by atoms with E-state index in [4.69, 9.17) is 10.5 Å². The molecule has 166 valence electrons. The van der Waals surface area contributed by atoms with Crippen LogP contribution in [0.1, 0.15) is 17.3 Å². The lowest BCUT2D eigenvalue weighted by molar-refractivity contribution is -0.275. The molecular formula is C19H17F5N4O3. The zero-order valence-electron chi connectivity index (χ0n) is 15.7. The van der Waals surface area contributed by atoms with Crippen molar-refractivity contribution in [3.63, 3.8) is 0 Å². The molecule has 0 radical (unpaired) electrons. The predicted octanol–water partition coefficient (Wildman–Crippen LogP) is 3.01. The van der Waals surface area contributed by atoms with E-state index in [-0.39, 0.29) is 29.9 Å². The lowest BCUT2D eigenvalue weighted by atomic mass is 9.99. The second kappa shape index (κ2) is 9.78. The number of amides is 1. The highest BCUT2D eigenvalue weighted by atomic mass is 19.4. The molecule has 3 rings (SSSR count). The summed E-state index contributed by atoms with van der Waals surface area (Å²) >= 11 is 0. The Morgan fingerprint density at radius 2 is 1.90 bits per heavy atom. The van der Waals surface area contributed by atoms with Gasteiger partial charge in [0.25, 0.3) is 0 Å². The second-order valence-corrected chi connectivity index (χ2v) is 5.98. The van der Waals surface area contributed by atoms with Gasteiger partial charge in [0.15, 0.2) is 11.6 Å². The van der Waals surface area contributed by atoms with Gasteiger partial charge in [0.2, 0.25) is 12.3 Å². The molecule has 0 unspecified atom stereocenters. The molecule has 1 aromatic heterocycles. The molecule has 31 heavy (non-hydrogen) atoms. The number of aromatic nitrogens is 1. The minimum atomic E-state index is -5.07. The van der Waals surface area contributed by atoms with E-state index >= 15 is 0 Å². The summed E-state index contributed by atoms with van der Waals surface area (Å²) in [5, 5.41) is 10.3. The lowest BCUT2D eigenvalue weighted by Crippen LogP contribution is -2.34. The quantitative estimate of drug-likeness (QED) is 0.494. The molecule has 5 N–H and O–H groups in total. The minimum absolute atomic E-state index is 0.00918. The maximum Gasteiger partial charge on any atom is 0.573 e. The van der Waals surface area contributed by atoms with Crippen molar-refractivity contribution in [2.75, 3.05) is 6.54 Å². The number of nitrogens with two attached hydrogens (primary N) is 2. The number of carbonyl (C=O) groups excluding carboxylic acids is 1. The fraction of sp³-hybridized carbons (Fsp3) is 0.158. The summed E-state index contributed by atoms with van der Waals surface area (Å²) in [4.78, 5) is 13.8. The maximum absolute atomic E-state index is 14.4. The first-order valence-corrected chi connectivity index (χ1v) is 8.52. The van der Waals surface area contributed by atoms with Gasteiger partial charge in [-0.1, -0.05) is 12.1 Å². The first kappa shape index (κ1) is 23.4. The molecule has 0 bridgehead atoms. The van der Waals surface area contributed by atoms with Crippen LogP contribution in [0.5, 0.6) is 5.75 Å². The summed E-state index contributed by atoms with van der Waals surface area (Å²) in [6.07, 6.45) is -0.492. The Morgan fingerprint density at radius 1 is 1.23 bits per heavy atom. The zero-order valence-corrected chi connectivity index (χ0v) is 15.7.